The van der Waals surface area contributed by atoms with Crippen molar-refractivity contribution < 1.29 is 9.26 Å². The van der Waals surface area contributed by atoms with E-state index < -0.39 is 0 Å². The van der Waals surface area contributed by atoms with Gasteiger partial charge in [0.1, 0.15) is 5.75 Å². The molecule has 2 atom stereocenters. The van der Waals surface area contributed by atoms with Crippen LogP contribution in [0.1, 0.15) is 25.3 Å². The molecule has 0 fully saturated rings. The molecule has 0 amide bonds. The van der Waals surface area contributed by atoms with Crippen molar-refractivity contribution in [1.82, 2.24) is 10.1 Å². The summed E-state index contributed by atoms with van der Waals surface area (Å²) in [5.74, 6) is 1.95. The summed E-state index contributed by atoms with van der Waals surface area (Å²) in [4.78, 5) is 4.37. The highest BCUT2D eigenvalue weighted by atomic mass is 16.5. The number of benzene rings is 2. The van der Waals surface area contributed by atoms with Gasteiger partial charge < -0.3 is 15.0 Å². The third-order valence-electron chi connectivity index (χ3n) is 3.78. The van der Waals surface area contributed by atoms with E-state index in [1.165, 1.54) is 5.56 Å². The molecule has 130 valence electrons. The number of rotatable bonds is 7. The average molecular weight is 337 g/mol. The molecule has 0 spiro atoms. The molecule has 0 saturated heterocycles. The van der Waals surface area contributed by atoms with Crippen LogP contribution in [0.25, 0.3) is 11.4 Å². The third-order valence-corrected chi connectivity index (χ3v) is 3.78. The van der Waals surface area contributed by atoms with Crippen LogP contribution in [-0.4, -0.2) is 22.3 Å². The number of nitrogens with zero attached hydrogens (tertiary/aromatic N) is 2. The van der Waals surface area contributed by atoms with Crippen molar-refractivity contribution in [2.75, 3.05) is 0 Å². The quantitative estimate of drug-likeness (QED) is 0.712. The number of nitrogens with two attached hydrogens (primary N) is 1. The molecule has 25 heavy (non-hydrogen) atoms. The van der Waals surface area contributed by atoms with Gasteiger partial charge in [-0.05, 0) is 43.7 Å². The molecule has 0 aliphatic heterocycles. The van der Waals surface area contributed by atoms with E-state index in [4.69, 9.17) is 15.0 Å². The minimum Gasteiger partial charge on any atom is -0.490 e. The number of hydrogen-bond acceptors (Lipinski definition) is 5. The zero-order chi connectivity index (χ0) is 17.6. The lowest BCUT2D eigenvalue weighted by atomic mass is 10.1. The number of hydrogen-bond donors (Lipinski definition) is 1. The molecule has 0 radical (unpaired) electrons. The summed E-state index contributed by atoms with van der Waals surface area (Å²) in [7, 11) is 0. The van der Waals surface area contributed by atoms with Crippen LogP contribution >= 0.6 is 0 Å². The highest BCUT2D eigenvalue weighted by molar-refractivity contribution is 5.55. The van der Waals surface area contributed by atoms with Gasteiger partial charge in [0.25, 0.3) is 0 Å². The Morgan fingerprint density at radius 2 is 1.72 bits per heavy atom. The van der Waals surface area contributed by atoms with E-state index in [-0.39, 0.29) is 12.1 Å². The molecule has 5 nitrogen and oxygen atoms in total. The largest absolute Gasteiger partial charge is 0.490 e. The van der Waals surface area contributed by atoms with Crippen molar-refractivity contribution in [2.45, 2.75) is 38.8 Å². The minimum atomic E-state index is -0.00446. The van der Waals surface area contributed by atoms with Crippen molar-refractivity contribution in [3.8, 4) is 17.1 Å². The maximum atomic E-state index is 5.99. The topological polar surface area (TPSA) is 74.2 Å². The molecule has 0 aliphatic rings. The second-order valence-electron chi connectivity index (χ2n) is 6.34. The second-order valence-corrected chi connectivity index (χ2v) is 6.34. The van der Waals surface area contributed by atoms with Crippen LogP contribution in [-0.2, 0) is 12.8 Å². The molecule has 3 aromatic rings. The summed E-state index contributed by atoms with van der Waals surface area (Å²) in [5.41, 5.74) is 7.90. The van der Waals surface area contributed by atoms with Gasteiger partial charge in [-0.3, -0.25) is 0 Å². The zero-order valence-electron chi connectivity index (χ0n) is 14.6. The lowest BCUT2D eigenvalue weighted by Gasteiger charge is -2.15. The van der Waals surface area contributed by atoms with E-state index in [2.05, 4.69) is 29.2 Å². The Balaban J connectivity index is 1.61. The smallest absolute Gasteiger partial charge is 0.228 e. The highest BCUT2D eigenvalue weighted by Crippen LogP contribution is 2.21. The summed E-state index contributed by atoms with van der Waals surface area (Å²) in [6.07, 6.45) is 1.54. The van der Waals surface area contributed by atoms with E-state index in [0.717, 1.165) is 17.7 Å². The van der Waals surface area contributed by atoms with Gasteiger partial charge in [0.15, 0.2) is 0 Å². The van der Waals surface area contributed by atoms with Crippen LogP contribution in [0.3, 0.4) is 0 Å². The van der Waals surface area contributed by atoms with Crippen molar-refractivity contribution in [3.05, 3.63) is 66.1 Å². The maximum absolute atomic E-state index is 5.99. The SMILES string of the molecule is C[C@H](N)Cc1nc(-c2ccc(O[C@H](C)Cc3ccccc3)cc2)no1. The van der Waals surface area contributed by atoms with Gasteiger partial charge in [-0.1, -0.05) is 35.5 Å². The Hall–Kier alpha value is -2.66. The second kappa shape index (κ2) is 7.94. The van der Waals surface area contributed by atoms with Gasteiger partial charge in [-0.2, -0.15) is 4.98 Å². The van der Waals surface area contributed by atoms with Crippen LogP contribution in [0.2, 0.25) is 0 Å². The fourth-order valence-electron chi connectivity index (χ4n) is 2.63. The fourth-order valence-corrected chi connectivity index (χ4v) is 2.63. The molecule has 1 heterocycles. The molecule has 2 N–H and O–H groups in total. The number of ether oxygens (including phenoxy) is 1. The molecule has 0 unspecified atom stereocenters. The molecule has 0 aliphatic carbocycles. The predicted octanol–water partition coefficient (Wildman–Crippen LogP) is 3.64. The van der Waals surface area contributed by atoms with Gasteiger partial charge in [-0.25, -0.2) is 0 Å². The molecule has 0 saturated carbocycles. The van der Waals surface area contributed by atoms with E-state index in [9.17, 15) is 0 Å². The van der Waals surface area contributed by atoms with E-state index in [0.29, 0.717) is 18.1 Å². The summed E-state index contributed by atoms with van der Waals surface area (Å²) in [5, 5.41) is 4.00. The summed E-state index contributed by atoms with van der Waals surface area (Å²) in [6.45, 7) is 3.98. The van der Waals surface area contributed by atoms with Gasteiger partial charge in [-0.15, -0.1) is 0 Å². The lowest BCUT2D eigenvalue weighted by Crippen LogP contribution is -2.17. The Morgan fingerprint density at radius 3 is 2.40 bits per heavy atom. The van der Waals surface area contributed by atoms with Crippen LogP contribution in [0.5, 0.6) is 5.75 Å². The molecule has 5 heteroatoms. The summed E-state index contributed by atoms with van der Waals surface area (Å²) in [6, 6.07) is 18.1. The van der Waals surface area contributed by atoms with Gasteiger partial charge >= 0.3 is 0 Å². The molecule has 0 bridgehead atoms. The monoisotopic (exact) mass is 337 g/mol. The minimum absolute atomic E-state index is 0.00446. The predicted molar refractivity (Wildman–Crippen MR) is 97.3 cm³/mol. The van der Waals surface area contributed by atoms with Gasteiger partial charge in [0.05, 0.1) is 6.10 Å². The highest BCUT2D eigenvalue weighted by Gasteiger charge is 2.11. The Bertz CT molecular complexity index is 782. The van der Waals surface area contributed by atoms with Crippen molar-refractivity contribution in [3.63, 3.8) is 0 Å². The first kappa shape index (κ1) is 17.2. The van der Waals surface area contributed by atoms with Crippen LogP contribution < -0.4 is 10.5 Å². The molecular formula is C20H23N3O2. The lowest BCUT2D eigenvalue weighted by molar-refractivity contribution is 0.222. The van der Waals surface area contributed by atoms with E-state index in [1.54, 1.807) is 0 Å². The molecular weight excluding hydrogens is 314 g/mol. The van der Waals surface area contributed by atoms with Crippen LogP contribution in [0, 0.1) is 0 Å². The normalized spacial score (nSPS) is 13.4. The first-order valence-electron chi connectivity index (χ1n) is 8.49. The van der Waals surface area contributed by atoms with Crippen molar-refractivity contribution >= 4 is 0 Å². The van der Waals surface area contributed by atoms with Crippen molar-refractivity contribution in [2.24, 2.45) is 5.73 Å². The van der Waals surface area contributed by atoms with Gasteiger partial charge in [0.2, 0.25) is 11.7 Å². The molecule has 2 aromatic carbocycles. The summed E-state index contributed by atoms with van der Waals surface area (Å²) >= 11 is 0. The van der Waals surface area contributed by atoms with Gasteiger partial charge in [0, 0.05) is 24.4 Å². The standard InChI is InChI=1S/C20H23N3O2/c1-14(21)12-19-22-20(23-25-19)17-8-10-18(11-9-17)24-15(2)13-16-6-4-3-5-7-16/h3-11,14-15H,12-13,21H2,1-2H3/t14-,15+/m0/s1. The Labute approximate surface area is 147 Å². The van der Waals surface area contributed by atoms with Crippen LogP contribution in [0.15, 0.2) is 59.1 Å². The Kier molecular flexibility index (Phi) is 5.46. The first-order valence-corrected chi connectivity index (χ1v) is 8.49. The summed E-state index contributed by atoms with van der Waals surface area (Å²) < 4.78 is 11.2. The van der Waals surface area contributed by atoms with E-state index in [1.807, 2.05) is 49.4 Å². The molecule has 1 aromatic heterocycles. The van der Waals surface area contributed by atoms with Crippen LogP contribution in [0.4, 0.5) is 0 Å². The Morgan fingerprint density at radius 1 is 1.00 bits per heavy atom. The zero-order valence-corrected chi connectivity index (χ0v) is 14.6. The molecule has 3 rings (SSSR count). The van der Waals surface area contributed by atoms with Crippen molar-refractivity contribution in [1.29, 1.82) is 0 Å². The number of aromatic nitrogens is 2. The van der Waals surface area contributed by atoms with E-state index >= 15 is 0 Å². The third kappa shape index (κ3) is 4.90. The average Bonchev–Trinajstić information content (AvgIpc) is 3.04. The maximum Gasteiger partial charge on any atom is 0.228 e. The first-order chi connectivity index (χ1) is 12.1. The fraction of sp³-hybridized carbons (Fsp3) is 0.300.